The van der Waals surface area contributed by atoms with Gasteiger partial charge in [-0.2, -0.15) is 0 Å². The summed E-state index contributed by atoms with van der Waals surface area (Å²) in [4.78, 5) is 22.8. The number of rotatable bonds is 7. The predicted octanol–water partition coefficient (Wildman–Crippen LogP) is 2.49. The Morgan fingerprint density at radius 1 is 1.32 bits per heavy atom. The van der Waals surface area contributed by atoms with Gasteiger partial charge in [-0.1, -0.05) is 0 Å². The molecule has 8 nitrogen and oxygen atoms in total. The third-order valence-electron chi connectivity index (χ3n) is 3.33. The maximum atomic E-state index is 12.8. The van der Waals surface area contributed by atoms with E-state index >= 15 is 0 Å². The summed E-state index contributed by atoms with van der Waals surface area (Å²) in [6.45, 7) is 1.78. The van der Waals surface area contributed by atoms with Crippen molar-refractivity contribution in [2.75, 3.05) is 6.54 Å². The monoisotopic (exact) mass is 351 g/mol. The SMILES string of the molecule is CC(CCNC(=O)c1ccc(Oc2ccc(F)cc2)o1)N(O)C(N)=O. The van der Waals surface area contributed by atoms with Crippen molar-refractivity contribution in [3.63, 3.8) is 0 Å². The minimum absolute atomic E-state index is 0.0283. The van der Waals surface area contributed by atoms with Gasteiger partial charge in [0, 0.05) is 12.6 Å². The fourth-order valence-corrected chi connectivity index (χ4v) is 1.94. The zero-order chi connectivity index (χ0) is 18.4. The van der Waals surface area contributed by atoms with Crippen molar-refractivity contribution in [3.8, 4) is 11.7 Å². The molecule has 9 heteroatoms. The Bertz CT molecular complexity index is 732. The summed E-state index contributed by atoms with van der Waals surface area (Å²) in [5.74, 6) is -0.393. The second-order valence-electron chi connectivity index (χ2n) is 5.25. The van der Waals surface area contributed by atoms with Crippen LogP contribution in [-0.2, 0) is 0 Å². The van der Waals surface area contributed by atoms with Crippen LogP contribution >= 0.6 is 0 Å². The number of hydrogen-bond acceptors (Lipinski definition) is 5. The van der Waals surface area contributed by atoms with E-state index in [1.54, 1.807) is 6.92 Å². The molecule has 25 heavy (non-hydrogen) atoms. The van der Waals surface area contributed by atoms with Crippen LogP contribution in [0.2, 0.25) is 0 Å². The number of nitrogens with one attached hydrogen (secondary N) is 1. The normalized spacial score (nSPS) is 11.6. The zero-order valence-corrected chi connectivity index (χ0v) is 13.4. The smallest absolute Gasteiger partial charge is 0.338 e. The number of benzene rings is 1. The fraction of sp³-hybridized carbons (Fsp3) is 0.250. The average Bonchev–Trinajstić information content (AvgIpc) is 3.04. The molecule has 0 aliphatic heterocycles. The number of hydroxylamine groups is 2. The number of nitrogens with zero attached hydrogens (tertiary/aromatic N) is 1. The number of amides is 3. The number of hydrogen-bond donors (Lipinski definition) is 3. The summed E-state index contributed by atoms with van der Waals surface area (Å²) >= 11 is 0. The second kappa shape index (κ2) is 8.15. The predicted molar refractivity (Wildman–Crippen MR) is 84.8 cm³/mol. The number of nitrogens with two attached hydrogens (primary N) is 1. The maximum absolute atomic E-state index is 12.8. The van der Waals surface area contributed by atoms with E-state index in [0.717, 1.165) is 0 Å². The number of urea groups is 1. The van der Waals surface area contributed by atoms with Gasteiger partial charge in [0.15, 0.2) is 5.76 Å². The Morgan fingerprint density at radius 2 is 2.00 bits per heavy atom. The second-order valence-corrected chi connectivity index (χ2v) is 5.25. The van der Waals surface area contributed by atoms with Crippen LogP contribution in [0.1, 0.15) is 23.9 Å². The number of carbonyl (C=O) groups is 2. The Hall–Kier alpha value is -3.07. The largest absolute Gasteiger partial charge is 0.426 e. The molecule has 3 amide bonds. The molecular weight excluding hydrogens is 333 g/mol. The van der Waals surface area contributed by atoms with Crippen LogP contribution in [0.4, 0.5) is 9.18 Å². The number of primary amides is 1. The van der Waals surface area contributed by atoms with Gasteiger partial charge in [0.2, 0.25) is 0 Å². The number of carbonyl (C=O) groups excluding carboxylic acids is 2. The lowest BCUT2D eigenvalue weighted by atomic mass is 10.2. The summed E-state index contributed by atoms with van der Waals surface area (Å²) in [5, 5.41) is 12.3. The molecule has 1 unspecified atom stereocenters. The molecule has 0 aliphatic rings. The van der Waals surface area contributed by atoms with Gasteiger partial charge in [-0.3, -0.25) is 10.0 Å². The third kappa shape index (κ3) is 5.21. The maximum Gasteiger partial charge on any atom is 0.338 e. The number of furan rings is 1. The first-order valence-electron chi connectivity index (χ1n) is 7.46. The van der Waals surface area contributed by atoms with Crippen LogP contribution in [0.3, 0.4) is 0 Å². The first-order chi connectivity index (χ1) is 11.9. The lowest BCUT2D eigenvalue weighted by Crippen LogP contribution is -2.41. The molecule has 0 spiro atoms. The highest BCUT2D eigenvalue weighted by molar-refractivity contribution is 5.91. The van der Waals surface area contributed by atoms with E-state index in [1.165, 1.54) is 36.4 Å². The first kappa shape index (κ1) is 18.3. The van der Waals surface area contributed by atoms with Gasteiger partial charge in [-0.15, -0.1) is 0 Å². The van der Waals surface area contributed by atoms with Crippen molar-refractivity contribution in [1.82, 2.24) is 10.4 Å². The lowest BCUT2D eigenvalue weighted by Gasteiger charge is -2.20. The summed E-state index contributed by atoms with van der Waals surface area (Å²) in [5.41, 5.74) is 4.93. The molecule has 0 bridgehead atoms. The molecule has 0 saturated carbocycles. The zero-order valence-electron chi connectivity index (χ0n) is 13.4. The highest BCUT2D eigenvalue weighted by Crippen LogP contribution is 2.23. The topological polar surface area (TPSA) is 118 Å². The highest BCUT2D eigenvalue weighted by Gasteiger charge is 2.16. The van der Waals surface area contributed by atoms with Crippen LogP contribution in [0, 0.1) is 5.82 Å². The molecule has 2 aromatic rings. The molecule has 0 radical (unpaired) electrons. The van der Waals surface area contributed by atoms with E-state index in [0.29, 0.717) is 17.2 Å². The molecule has 134 valence electrons. The van der Waals surface area contributed by atoms with Crippen molar-refractivity contribution in [2.45, 2.75) is 19.4 Å². The molecular formula is C16H18FN3O5. The van der Waals surface area contributed by atoms with E-state index in [4.69, 9.17) is 14.9 Å². The van der Waals surface area contributed by atoms with Gasteiger partial charge in [0.1, 0.15) is 11.6 Å². The van der Waals surface area contributed by atoms with E-state index in [1.807, 2.05) is 0 Å². The van der Waals surface area contributed by atoms with Gasteiger partial charge in [-0.25, -0.2) is 14.2 Å². The van der Waals surface area contributed by atoms with E-state index < -0.39 is 18.0 Å². The van der Waals surface area contributed by atoms with Gasteiger partial charge in [0.05, 0.1) is 6.04 Å². The van der Waals surface area contributed by atoms with Crippen molar-refractivity contribution < 1.29 is 28.3 Å². The summed E-state index contributed by atoms with van der Waals surface area (Å²) in [6, 6.07) is 6.71. The van der Waals surface area contributed by atoms with Crippen molar-refractivity contribution >= 4 is 11.9 Å². The van der Waals surface area contributed by atoms with Crippen LogP contribution in [0.5, 0.6) is 11.7 Å². The average molecular weight is 351 g/mol. The molecule has 0 saturated heterocycles. The summed E-state index contributed by atoms with van der Waals surface area (Å²) in [7, 11) is 0. The molecule has 2 rings (SSSR count). The highest BCUT2D eigenvalue weighted by atomic mass is 19.1. The van der Waals surface area contributed by atoms with Gasteiger partial charge >= 0.3 is 6.03 Å². The molecule has 1 atom stereocenters. The first-order valence-corrected chi connectivity index (χ1v) is 7.46. The Kier molecular flexibility index (Phi) is 5.96. The Labute approximate surface area is 142 Å². The number of halogens is 1. The van der Waals surface area contributed by atoms with Crippen LogP contribution in [-0.4, -0.2) is 34.8 Å². The Balaban J connectivity index is 1.83. The minimum atomic E-state index is -0.965. The fourth-order valence-electron chi connectivity index (χ4n) is 1.94. The third-order valence-corrected chi connectivity index (χ3v) is 3.33. The van der Waals surface area contributed by atoms with Gasteiger partial charge in [0.25, 0.3) is 11.9 Å². The molecule has 4 N–H and O–H groups in total. The van der Waals surface area contributed by atoms with Crippen LogP contribution < -0.4 is 15.8 Å². The van der Waals surface area contributed by atoms with Crippen molar-refractivity contribution in [3.05, 3.63) is 48.0 Å². The summed E-state index contributed by atoms with van der Waals surface area (Å²) < 4.78 is 23.4. The Morgan fingerprint density at radius 3 is 2.64 bits per heavy atom. The standard InChI is InChI=1S/C16H18FN3O5/c1-10(20(23)16(18)22)8-9-19-15(21)13-6-7-14(25-13)24-12-4-2-11(17)3-5-12/h2-7,10,23H,8-9H2,1H3,(H2,18,22)(H,19,21). The van der Waals surface area contributed by atoms with Crippen LogP contribution in [0.25, 0.3) is 0 Å². The summed E-state index contributed by atoms with van der Waals surface area (Å²) in [6.07, 6.45) is 0.296. The molecule has 1 aromatic heterocycles. The van der Waals surface area contributed by atoms with Crippen LogP contribution in [0.15, 0.2) is 40.8 Å². The minimum Gasteiger partial charge on any atom is -0.426 e. The van der Waals surface area contributed by atoms with E-state index in [9.17, 15) is 19.2 Å². The molecule has 0 aliphatic carbocycles. The van der Waals surface area contributed by atoms with Crippen molar-refractivity contribution in [2.24, 2.45) is 5.73 Å². The van der Waals surface area contributed by atoms with Gasteiger partial charge in [-0.05, 0) is 43.7 Å². The molecule has 1 heterocycles. The number of ether oxygens (including phenoxy) is 1. The van der Waals surface area contributed by atoms with Gasteiger partial charge < -0.3 is 20.2 Å². The van der Waals surface area contributed by atoms with E-state index in [-0.39, 0.29) is 24.1 Å². The van der Waals surface area contributed by atoms with Crippen molar-refractivity contribution in [1.29, 1.82) is 0 Å². The van der Waals surface area contributed by atoms with E-state index in [2.05, 4.69) is 5.32 Å². The molecule has 1 aromatic carbocycles. The quantitative estimate of drug-likeness (QED) is 0.523. The molecule has 0 fully saturated rings. The lowest BCUT2D eigenvalue weighted by molar-refractivity contribution is -0.0711.